The lowest BCUT2D eigenvalue weighted by atomic mass is 10.1. The minimum absolute atomic E-state index is 0.0627. The van der Waals surface area contributed by atoms with Crippen LogP contribution in [0.15, 0.2) is 18.2 Å². The van der Waals surface area contributed by atoms with Crippen LogP contribution in [-0.2, 0) is 10.9 Å². The molecule has 5 nitrogen and oxygen atoms in total. The maximum absolute atomic E-state index is 12.7. The lowest BCUT2D eigenvalue weighted by molar-refractivity contribution is -0.137. The number of alkyl halides is 3. The van der Waals surface area contributed by atoms with Gasteiger partial charge in [0, 0.05) is 25.9 Å². The SMILES string of the molecule is COCCN(CCO)C(=O)Nc1cc(C(F)(F)F)ccc1C. The standard InChI is InChI=1S/C14H19F3N2O3/c1-10-3-4-11(14(15,16)17)9-12(10)18-13(21)19(5-7-20)6-8-22-2/h3-4,9,20H,5-8H2,1-2H3,(H,18,21). The summed E-state index contributed by atoms with van der Waals surface area (Å²) in [5.41, 5.74) is -0.240. The van der Waals surface area contributed by atoms with Crippen molar-refractivity contribution in [2.24, 2.45) is 0 Å². The van der Waals surface area contributed by atoms with Crippen molar-refractivity contribution in [1.82, 2.24) is 4.90 Å². The van der Waals surface area contributed by atoms with Gasteiger partial charge in [-0.25, -0.2) is 4.79 Å². The molecule has 0 atom stereocenters. The highest BCUT2D eigenvalue weighted by Gasteiger charge is 2.31. The van der Waals surface area contributed by atoms with Gasteiger partial charge in [-0.3, -0.25) is 0 Å². The van der Waals surface area contributed by atoms with Crippen molar-refractivity contribution in [2.75, 3.05) is 38.7 Å². The molecule has 0 spiro atoms. The molecule has 2 N–H and O–H groups in total. The summed E-state index contributed by atoms with van der Waals surface area (Å²) in [4.78, 5) is 13.4. The predicted molar refractivity (Wildman–Crippen MR) is 75.7 cm³/mol. The zero-order valence-electron chi connectivity index (χ0n) is 12.4. The number of nitrogens with one attached hydrogen (secondary N) is 1. The molecule has 22 heavy (non-hydrogen) atoms. The van der Waals surface area contributed by atoms with E-state index >= 15 is 0 Å². The van der Waals surface area contributed by atoms with E-state index in [1.165, 1.54) is 18.1 Å². The molecule has 0 aliphatic heterocycles. The van der Waals surface area contributed by atoms with E-state index in [9.17, 15) is 18.0 Å². The van der Waals surface area contributed by atoms with Crippen LogP contribution in [0.4, 0.5) is 23.7 Å². The smallest absolute Gasteiger partial charge is 0.395 e. The fourth-order valence-electron chi connectivity index (χ4n) is 1.76. The predicted octanol–water partition coefficient (Wildman–Crippen LogP) is 2.49. The molecule has 0 aliphatic rings. The van der Waals surface area contributed by atoms with Crippen LogP contribution in [0.25, 0.3) is 0 Å². The van der Waals surface area contributed by atoms with E-state index in [4.69, 9.17) is 9.84 Å². The molecule has 1 aromatic carbocycles. The van der Waals surface area contributed by atoms with Crippen molar-refractivity contribution in [1.29, 1.82) is 0 Å². The summed E-state index contributed by atoms with van der Waals surface area (Å²) < 4.78 is 43.0. The molecule has 0 aromatic heterocycles. The van der Waals surface area contributed by atoms with Gasteiger partial charge in [0.05, 0.1) is 18.8 Å². The van der Waals surface area contributed by atoms with Crippen LogP contribution >= 0.6 is 0 Å². The molecule has 8 heteroatoms. The number of rotatable bonds is 6. The minimum Gasteiger partial charge on any atom is -0.395 e. The lowest BCUT2D eigenvalue weighted by Crippen LogP contribution is -2.39. The third-order valence-corrected chi connectivity index (χ3v) is 3.03. The largest absolute Gasteiger partial charge is 0.416 e. The van der Waals surface area contributed by atoms with Crippen LogP contribution in [0, 0.1) is 6.92 Å². The van der Waals surface area contributed by atoms with Crippen LogP contribution in [0.3, 0.4) is 0 Å². The Balaban J connectivity index is 2.89. The number of urea groups is 1. The Morgan fingerprint density at radius 1 is 1.36 bits per heavy atom. The average molecular weight is 320 g/mol. The number of carbonyl (C=O) groups excluding carboxylic acids is 1. The summed E-state index contributed by atoms with van der Waals surface area (Å²) in [5.74, 6) is 0. The molecule has 124 valence electrons. The van der Waals surface area contributed by atoms with Crippen molar-refractivity contribution in [3.05, 3.63) is 29.3 Å². The molecule has 0 aliphatic carbocycles. The third kappa shape index (κ3) is 5.19. The number of aliphatic hydroxyl groups is 1. The van der Waals surface area contributed by atoms with Gasteiger partial charge in [0.2, 0.25) is 0 Å². The minimum atomic E-state index is -4.48. The van der Waals surface area contributed by atoms with Gasteiger partial charge in [0.15, 0.2) is 0 Å². The Labute approximate surface area is 126 Å². The monoisotopic (exact) mass is 320 g/mol. The molecule has 0 bridgehead atoms. The van der Waals surface area contributed by atoms with Gasteiger partial charge in [0.1, 0.15) is 0 Å². The van der Waals surface area contributed by atoms with Crippen LogP contribution in [0.2, 0.25) is 0 Å². The second kappa shape index (κ2) is 8.00. The first-order valence-corrected chi connectivity index (χ1v) is 6.63. The summed E-state index contributed by atoms with van der Waals surface area (Å²) >= 11 is 0. The van der Waals surface area contributed by atoms with Gasteiger partial charge in [-0.15, -0.1) is 0 Å². The van der Waals surface area contributed by atoms with Crippen molar-refractivity contribution in [2.45, 2.75) is 13.1 Å². The summed E-state index contributed by atoms with van der Waals surface area (Å²) in [6, 6.07) is 2.56. The van der Waals surface area contributed by atoms with Crippen LogP contribution in [-0.4, -0.2) is 49.5 Å². The Kier molecular flexibility index (Phi) is 6.63. The zero-order chi connectivity index (χ0) is 16.8. The lowest BCUT2D eigenvalue weighted by Gasteiger charge is -2.22. The molecule has 2 amide bonds. The van der Waals surface area contributed by atoms with Crippen LogP contribution in [0.5, 0.6) is 0 Å². The number of methoxy groups -OCH3 is 1. The van der Waals surface area contributed by atoms with E-state index in [0.29, 0.717) is 5.56 Å². The van der Waals surface area contributed by atoms with E-state index in [0.717, 1.165) is 12.1 Å². The van der Waals surface area contributed by atoms with E-state index in [2.05, 4.69) is 5.32 Å². The zero-order valence-corrected chi connectivity index (χ0v) is 12.4. The number of benzene rings is 1. The molecule has 0 radical (unpaired) electrons. The highest BCUT2D eigenvalue weighted by Crippen LogP contribution is 2.32. The number of hydrogen-bond donors (Lipinski definition) is 2. The average Bonchev–Trinajstić information content (AvgIpc) is 2.44. The number of ether oxygens (including phenoxy) is 1. The van der Waals surface area contributed by atoms with Crippen molar-refractivity contribution in [3.63, 3.8) is 0 Å². The number of aliphatic hydroxyl groups excluding tert-OH is 1. The first-order chi connectivity index (χ1) is 10.3. The summed E-state index contributed by atoms with van der Waals surface area (Å²) in [5, 5.41) is 11.4. The summed E-state index contributed by atoms with van der Waals surface area (Å²) in [7, 11) is 1.46. The molecule has 1 rings (SSSR count). The highest BCUT2D eigenvalue weighted by atomic mass is 19.4. The van der Waals surface area contributed by atoms with Crippen LogP contribution < -0.4 is 5.32 Å². The summed E-state index contributed by atoms with van der Waals surface area (Å²) in [6.45, 7) is 1.89. The second-order valence-electron chi connectivity index (χ2n) is 4.66. The van der Waals surface area contributed by atoms with Gasteiger partial charge < -0.3 is 20.1 Å². The molecule has 0 unspecified atom stereocenters. The van der Waals surface area contributed by atoms with Gasteiger partial charge in [-0.2, -0.15) is 13.2 Å². The van der Waals surface area contributed by atoms with Crippen LogP contribution in [0.1, 0.15) is 11.1 Å². The Hall–Kier alpha value is -1.80. The number of anilines is 1. The molecule has 0 saturated carbocycles. The maximum atomic E-state index is 12.7. The van der Waals surface area contributed by atoms with Crippen molar-refractivity contribution >= 4 is 11.7 Å². The van der Waals surface area contributed by atoms with Gasteiger partial charge >= 0.3 is 12.2 Å². The molecular formula is C14H19F3N2O3. The third-order valence-electron chi connectivity index (χ3n) is 3.03. The van der Waals surface area contributed by atoms with E-state index in [-0.39, 0.29) is 32.0 Å². The topological polar surface area (TPSA) is 61.8 Å². The highest BCUT2D eigenvalue weighted by molar-refractivity contribution is 5.90. The molecule has 0 saturated heterocycles. The van der Waals surface area contributed by atoms with Crippen molar-refractivity contribution < 1.29 is 27.8 Å². The molecule has 0 fully saturated rings. The number of halogens is 3. The van der Waals surface area contributed by atoms with Gasteiger partial charge in [-0.1, -0.05) is 6.07 Å². The van der Waals surface area contributed by atoms with E-state index < -0.39 is 17.8 Å². The Morgan fingerprint density at radius 3 is 2.59 bits per heavy atom. The number of nitrogens with zero attached hydrogens (tertiary/aromatic N) is 1. The first-order valence-electron chi connectivity index (χ1n) is 6.63. The first kappa shape index (κ1) is 18.2. The van der Waals surface area contributed by atoms with Crippen molar-refractivity contribution in [3.8, 4) is 0 Å². The molecular weight excluding hydrogens is 301 g/mol. The van der Waals surface area contributed by atoms with Gasteiger partial charge in [0.25, 0.3) is 0 Å². The number of carbonyl (C=O) groups is 1. The quantitative estimate of drug-likeness (QED) is 0.846. The van der Waals surface area contributed by atoms with E-state index in [1.54, 1.807) is 6.92 Å². The fourth-order valence-corrected chi connectivity index (χ4v) is 1.76. The Morgan fingerprint density at radius 2 is 2.05 bits per heavy atom. The fraction of sp³-hybridized carbons (Fsp3) is 0.500. The normalized spacial score (nSPS) is 11.4. The Bertz CT molecular complexity index is 507. The maximum Gasteiger partial charge on any atom is 0.416 e. The number of amides is 2. The van der Waals surface area contributed by atoms with E-state index in [1.807, 2.05) is 0 Å². The van der Waals surface area contributed by atoms with Gasteiger partial charge in [-0.05, 0) is 24.6 Å². The molecule has 0 heterocycles. The molecule has 1 aromatic rings. The number of aryl methyl sites for hydroxylation is 1. The summed E-state index contributed by atoms with van der Waals surface area (Å²) in [6.07, 6.45) is -4.48. The second-order valence-corrected chi connectivity index (χ2v) is 4.66. The number of hydrogen-bond acceptors (Lipinski definition) is 3.